The smallest absolute Gasteiger partial charge is 0.297 e. The van der Waals surface area contributed by atoms with E-state index in [-0.39, 0.29) is 23.6 Å². The van der Waals surface area contributed by atoms with Crippen LogP contribution in [0.2, 0.25) is 5.02 Å². The van der Waals surface area contributed by atoms with Crippen LogP contribution in [0.1, 0.15) is 5.56 Å². The maximum Gasteiger partial charge on any atom is 0.297 e. The maximum absolute atomic E-state index is 12.6. The summed E-state index contributed by atoms with van der Waals surface area (Å²) in [5, 5.41) is 4.14. The van der Waals surface area contributed by atoms with E-state index in [0.29, 0.717) is 22.7 Å². The second kappa shape index (κ2) is 6.65. The molecule has 1 N–H and O–H groups in total. The van der Waals surface area contributed by atoms with Crippen molar-refractivity contribution in [3.05, 3.63) is 75.8 Å². The minimum atomic E-state index is -0.385. The highest BCUT2D eigenvalue weighted by atomic mass is 35.5. The number of fused-ring (bicyclic) bond motifs is 3. The van der Waals surface area contributed by atoms with Gasteiger partial charge in [-0.1, -0.05) is 35.9 Å². The second-order valence-corrected chi connectivity index (χ2v) is 6.30. The number of benzene rings is 2. The SMILES string of the molecule is O=C(Cn1cnc2c(oc3ccccc32)c1=O)NCc1cccc(Cl)c1. The van der Waals surface area contributed by atoms with Crippen LogP contribution < -0.4 is 10.9 Å². The van der Waals surface area contributed by atoms with Crippen LogP contribution in [0, 0.1) is 0 Å². The van der Waals surface area contributed by atoms with Gasteiger partial charge in [0.05, 0.1) is 6.33 Å². The van der Waals surface area contributed by atoms with Crippen molar-refractivity contribution in [1.82, 2.24) is 14.9 Å². The van der Waals surface area contributed by atoms with E-state index >= 15 is 0 Å². The number of para-hydroxylation sites is 1. The summed E-state index contributed by atoms with van der Waals surface area (Å²) in [7, 11) is 0. The van der Waals surface area contributed by atoms with Crippen LogP contribution >= 0.6 is 11.6 Å². The molecule has 0 aliphatic rings. The standard InChI is InChI=1S/C19H14ClN3O3/c20-13-5-3-4-12(8-13)9-21-16(24)10-23-11-22-17-14-6-1-2-7-15(14)26-18(17)19(23)25/h1-8,11H,9-10H2,(H,21,24). The highest BCUT2D eigenvalue weighted by molar-refractivity contribution is 6.30. The highest BCUT2D eigenvalue weighted by Gasteiger charge is 2.14. The van der Waals surface area contributed by atoms with Gasteiger partial charge < -0.3 is 9.73 Å². The number of hydrogen-bond acceptors (Lipinski definition) is 4. The molecular weight excluding hydrogens is 354 g/mol. The van der Waals surface area contributed by atoms with E-state index in [1.807, 2.05) is 30.3 Å². The zero-order chi connectivity index (χ0) is 18.1. The van der Waals surface area contributed by atoms with Crippen LogP contribution in [0.5, 0.6) is 0 Å². The van der Waals surface area contributed by atoms with Gasteiger partial charge in [0, 0.05) is 17.0 Å². The average Bonchev–Trinajstić information content (AvgIpc) is 3.02. The molecular formula is C19H14ClN3O3. The number of carbonyl (C=O) groups excluding carboxylic acids is 1. The fraction of sp³-hybridized carbons (Fsp3) is 0.105. The Bertz CT molecular complexity index is 1180. The first-order valence-corrected chi connectivity index (χ1v) is 8.37. The van der Waals surface area contributed by atoms with E-state index < -0.39 is 0 Å². The number of amides is 1. The molecule has 6 nitrogen and oxygen atoms in total. The number of nitrogens with one attached hydrogen (secondary N) is 1. The number of aromatic nitrogens is 2. The average molecular weight is 368 g/mol. The Kier molecular flexibility index (Phi) is 4.18. The summed E-state index contributed by atoms with van der Waals surface area (Å²) >= 11 is 5.92. The van der Waals surface area contributed by atoms with Crippen LogP contribution in [0.3, 0.4) is 0 Å². The predicted octanol–water partition coefficient (Wildman–Crippen LogP) is 3.11. The van der Waals surface area contributed by atoms with Crippen LogP contribution in [0.4, 0.5) is 0 Å². The molecule has 4 aromatic rings. The molecule has 0 atom stereocenters. The van der Waals surface area contributed by atoms with Gasteiger partial charge in [0.1, 0.15) is 17.6 Å². The fourth-order valence-electron chi connectivity index (χ4n) is 2.79. The van der Waals surface area contributed by atoms with Crippen LogP contribution in [0.15, 0.2) is 64.1 Å². The third-order valence-electron chi connectivity index (χ3n) is 4.04. The number of nitrogens with zero attached hydrogens (tertiary/aromatic N) is 2. The van der Waals surface area contributed by atoms with Crippen molar-refractivity contribution in [2.45, 2.75) is 13.1 Å². The van der Waals surface area contributed by atoms with E-state index in [1.165, 1.54) is 10.9 Å². The summed E-state index contributed by atoms with van der Waals surface area (Å²) in [6.45, 7) is 0.188. The summed E-state index contributed by atoms with van der Waals surface area (Å²) in [4.78, 5) is 29.0. The first kappa shape index (κ1) is 16.4. The van der Waals surface area contributed by atoms with Gasteiger partial charge in [-0.3, -0.25) is 14.2 Å². The van der Waals surface area contributed by atoms with Crippen molar-refractivity contribution in [3.63, 3.8) is 0 Å². The molecule has 26 heavy (non-hydrogen) atoms. The molecule has 0 fully saturated rings. The minimum Gasteiger partial charge on any atom is -0.448 e. The monoisotopic (exact) mass is 367 g/mol. The van der Waals surface area contributed by atoms with Crippen molar-refractivity contribution in [2.24, 2.45) is 0 Å². The molecule has 0 aliphatic carbocycles. The Balaban J connectivity index is 1.55. The zero-order valence-electron chi connectivity index (χ0n) is 13.6. The summed E-state index contributed by atoms with van der Waals surface area (Å²) in [5.74, 6) is -0.302. The topological polar surface area (TPSA) is 77.1 Å². The van der Waals surface area contributed by atoms with Crippen molar-refractivity contribution in [2.75, 3.05) is 0 Å². The van der Waals surface area contributed by atoms with Crippen molar-refractivity contribution >= 4 is 39.6 Å². The molecule has 2 aromatic carbocycles. The Labute approximate surface area is 153 Å². The molecule has 0 unspecified atom stereocenters. The van der Waals surface area contributed by atoms with Crippen LogP contribution in [-0.4, -0.2) is 15.5 Å². The summed E-state index contributed by atoms with van der Waals surface area (Å²) in [5.41, 5.74) is 1.74. The molecule has 4 rings (SSSR count). The summed E-state index contributed by atoms with van der Waals surface area (Å²) < 4.78 is 6.84. The fourth-order valence-corrected chi connectivity index (χ4v) is 3.00. The van der Waals surface area contributed by atoms with Crippen LogP contribution in [-0.2, 0) is 17.9 Å². The lowest BCUT2D eigenvalue weighted by molar-refractivity contribution is -0.121. The molecule has 0 saturated heterocycles. The Hall–Kier alpha value is -3.12. The second-order valence-electron chi connectivity index (χ2n) is 5.86. The first-order valence-electron chi connectivity index (χ1n) is 7.99. The maximum atomic E-state index is 12.6. The van der Waals surface area contributed by atoms with E-state index in [9.17, 15) is 9.59 Å². The molecule has 0 bridgehead atoms. The Morgan fingerprint density at radius 2 is 2.04 bits per heavy atom. The normalized spacial score (nSPS) is 11.1. The largest absolute Gasteiger partial charge is 0.448 e. The molecule has 0 radical (unpaired) electrons. The van der Waals surface area contributed by atoms with Crippen molar-refractivity contribution in [3.8, 4) is 0 Å². The third-order valence-corrected chi connectivity index (χ3v) is 4.28. The van der Waals surface area contributed by atoms with Gasteiger partial charge in [0.25, 0.3) is 5.56 Å². The lowest BCUT2D eigenvalue weighted by Crippen LogP contribution is -2.32. The first-order chi connectivity index (χ1) is 12.6. The number of carbonyl (C=O) groups is 1. The lowest BCUT2D eigenvalue weighted by atomic mass is 10.2. The van der Waals surface area contributed by atoms with Gasteiger partial charge in [-0.05, 0) is 29.8 Å². The summed E-state index contributed by atoms with van der Waals surface area (Å²) in [6.07, 6.45) is 1.37. The molecule has 0 spiro atoms. The summed E-state index contributed by atoms with van der Waals surface area (Å²) in [6, 6.07) is 14.5. The van der Waals surface area contributed by atoms with Crippen LogP contribution in [0.25, 0.3) is 22.1 Å². The molecule has 1 amide bonds. The minimum absolute atomic E-state index is 0.139. The lowest BCUT2D eigenvalue weighted by Gasteiger charge is -2.07. The van der Waals surface area contributed by atoms with Gasteiger partial charge >= 0.3 is 0 Å². The van der Waals surface area contributed by atoms with E-state index in [4.69, 9.17) is 16.0 Å². The number of halogens is 1. The molecule has 0 saturated carbocycles. The highest BCUT2D eigenvalue weighted by Crippen LogP contribution is 2.23. The van der Waals surface area contributed by atoms with Gasteiger partial charge in [0.15, 0.2) is 0 Å². The van der Waals surface area contributed by atoms with E-state index in [1.54, 1.807) is 18.2 Å². The number of rotatable bonds is 4. The predicted molar refractivity (Wildman–Crippen MR) is 99.1 cm³/mol. The Morgan fingerprint density at radius 3 is 2.88 bits per heavy atom. The third kappa shape index (κ3) is 3.07. The molecule has 2 aromatic heterocycles. The van der Waals surface area contributed by atoms with Gasteiger partial charge in [-0.25, -0.2) is 4.98 Å². The molecule has 0 aliphatic heterocycles. The van der Waals surface area contributed by atoms with Gasteiger partial charge in [-0.2, -0.15) is 0 Å². The Morgan fingerprint density at radius 1 is 1.19 bits per heavy atom. The molecule has 7 heteroatoms. The number of furan rings is 1. The zero-order valence-corrected chi connectivity index (χ0v) is 14.4. The number of hydrogen-bond donors (Lipinski definition) is 1. The van der Waals surface area contributed by atoms with Crippen molar-refractivity contribution < 1.29 is 9.21 Å². The van der Waals surface area contributed by atoms with E-state index in [0.717, 1.165) is 10.9 Å². The molecule has 2 heterocycles. The van der Waals surface area contributed by atoms with Gasteiger partial charge in [-0.15, -0.1) is 0 Å². The van der Waals surface area contributed by atoms with Crippen molar-refractivity contribution in [1.29, 1.82) is 0 Å². The quantitative estimate of drug-likeness (QED) is 0.601. The molecule has 130 valence electrons. The van der Waals surface area contributed by atoms with E-state index in [2.05, 4.69) is 10.3 Å². The van der Waals surface area contributed by atoms with Gasteiger partial charge in [0.2, 0.25) is 11.5 Å².